The lowest BCUT2D eigenvalue weighted by molar-refractivity contribution is 0.0400. The molecule has 26 heavy (non-hydrogen) atoms. The van der Waals surface area contributed by atoms with Gasteiger partial charge in [-0.1, -0.05) is 29.5 Å². The zero-order valence-electron chi connectivity index (χ0n) is 14.8. The van der Waals surface area contributed by atoms with Crippen LogP contribution in [0.4, 0.5) is 4.39 Å². The first-order chi connectivity index (χ1) is 12.8. The average molecular weight is 375 g/mol. The average Bonchev–Trinajstić information content (AvgIpc) is 3.36. The van der Waals surface area contributed by atoms with E-state index >= 15 is 0 Å². The molecule has 0 saturated carbocycles. The summed E-state index contributed by atoms with van der Waals surface area (Å²) in [5.41, 5.74) is 4.61. The summed E-state index contributed by atoms with van der Waals surface area (Å²) >= 11 is 1.58. The van der Waals surface area contributed by atoms with Gasteiger partial charge in [0.05, 0.1) is 16.1 Å². The minimum atomic E-state index is -0.593. The Morgan fingerprint density at radius 1 is 1.31 bits per heavy atom. The van der Waals surface area contributed by atoms with Crippen molar-refractivity contribution in [1.29, 1.82) is 0 Å². The van der Waals surface area contributed by atoms with Gasteiger partial charge in [0.15, 0.2) is 0 Å². The number of halogens is 1. The molecule has 1 aromatic carbocycles. The summed E-state index contributed by atoms with van der Waals surface area (Å²) in [5, 5.41) is 11.3. The van der Waals surface area contributed by atoms with E-state index in [9.17, 15) is 4.39 Å². The first-order valence-electron chi connectivity index (χ1n) is 8.39. The Morgan fingerprint density at radius 3 is 2.73 bits per heavy atom. The van der Waals surface area contributed by atoms with Crippen LogP contribution < -0.4 is 5.32 Å². The first-order valence-corrected chi connectivity index (χ1v) is 9.27. The maximum atomic E-state index is 13.8. The number of thiazole rings is 1. The number of nitrogens with zero attached hydrogens (tertiary/aromatic N) is 4. The van der Waals surface area contributed by atoms with Crippen LogP contribution in [-0.2, 0) is 11.2 Å². The van der Waals surface area contributed by atoms with Crippen LogP contribution in [0.1, 0.15) is 23.4 Å². The van der Waals surface area contributed by atoms with Gasteiger partial charge in [-0.05, 0) is 18.2 Å². The monoisotopic (exact) mass is 375 g/mol. The van der Waals surface area contributed by atoms with Crippen molar-refractivity contribution >= 4 is 11.3 Å². The van der Waals surface area contributed by atoms with Crippen molar-refractivity contribution < 1.29 is 9.13 Å². The third kappa shape index (κ3) is 4.14. The number of nitrogens with one attached hydrogen (secondary N) is 1. The van der Waals surface area contributed by atoms with Gasteiger partial charge in [-0.25, -0.2) is 9.07 Å². The first kappa shape index (κ1) is 18.6. The highest BCUT2D eigenvalue weighted by Crippen LogP contribution is 2.32. The zero-order valence-corrected chi connectivity index (χ0v) is 15.6. The number of benzene rings is 1. The summed E-state index contributed by atoms with van der Waals surface area (Å²) in [5.74, 6) is 0. The van der Waals surface area contributed by atoms with Crippen LogP contribution in [0.25, 0.3) is 10.4 Å². The Labute approximate surface area is 156 Å². The van der Waals surface area contributed by atoms with Gasteiger partial charge >= 0.3 is 0 Å². The van der Waals surface area contributed by atoms with E-state index in [4.69, 9.17) is 4.74 Å². The highest BCUT2D eigenvalue weighted by Gasteiger charge is 2.26. The molecule has 0 aliphatic heterocycles. The number of rotatable bonds is 9. The van der Waals surface area contributed by atoms with E-state index < -0.39 is 18.8 Å². The van der Waals surface area contributed by atoms with Crippen molar-refractivity contribution in [3.63, 3.8) is 0 Å². The molecule has 3 rings (SSSR count). The lowest BCUT2D eigenvalue weighted by Gasteiger charge is -2.24. The van der Waals surface area contributed by atoms with Crippen molar-refractivity contribution in [3.8, 4) is 10.4 Å². The molecule has 0 fully saturated rings. The Kier molecular flexibility index (Phi) is 6.43. The van der Waals surface area contributed by atoms with E-state index in [2.05, 4.69) is 20.6 Å². The molecule has 0 aliphatic carbocycles. The van der Waals surface area contributed by atoms with Gasteiger partial charge in [0.25, 0.3) is 0 Å². The van der Waals surface area contributed by atoms with E-state index in [1.165, 1.54) is 0 Å². The topological polar surface area (TPSA) is 64.9 Å². The predicted octanol–water partition coefficient (Wildman–Crippen LogP) is 3.06. The van der Waals surface area contributed by atoms with Gasteiger partial charge in [0.2, 0.25) is 0 Å². The van der Waals surface area contributed by atoms with Crippen molar-refractivity contribution in [2.75, 3.05) is 27.4 Å². The Hall–Kier alpha value is -2.16. The van der Waals surface area contributed by atoms with Crippen LogP contribution in [0, 0.1) is 0 Å². The van der Waals surface area contributed by atoms with Crippen molar-refractivity contribution in [2.45, 2.75) is 18.6 Å². The number of hydrogen-bond acceptors (Lipinski definition) is 6. The van der Waals surface area contributed by atoms with E-state index in [1.807, 2.05) is 37.5 Å². The zero-order chi connectivity index (χ0) is 18.4. The quantitative estimate of drug-likeness (QED) is 0.623. The van der Waals surface area contributed by atoms with Crippen LogP contribution in [0.3, 0.4) is 0 Å². The summed E-state index contributed by atoms with van der Waals surface area (Å²) < 4.78 is 21.0. The third-order valence-electron chi connectivity index (χ3n) is 4.25. The Bertz CT molecular complexity index is 790. The minimum absolute atomic E-state index is 0.450. The van der Waals surface area contributed by atoms with Crippen LogP contribution in [-0.4, -0.2) is 47.4 Å². The van der Waals surface area contributed by atoms with Crippen LogP contribution in [0.15, 0.2) is 42.2 Å². The molecule has 0 aliphatic rings. The number of ether oxygens (including phenoxy) is 1. The molecule has 0 spiro atoms. The van der Waals surface area contributed by atoms with Crippen LogP contribution in [0.2, 0.25) is 0 Å². The maximum Gasteiger partial charge on any atom is 0.115 e. The highest BCUT2D eigenvalue weighted by atomic mass is 32.1. The number of aromatic nitrogens is 4. The fourth-order valence-corrected chi connectivity index (χ4v) is 3.47. The Balaban J connectivity index is 1.80. The van der Waals surface area contributed by atoms with Gasteiger partial charge < -0.3 is 10.1 Å². The molecule has 3 aromatic rings. The molecule has 1 N–H and O–H groups in total. The second-order valence-corrected chi connectivity index (χ2v) is 6.80. The number of alkyl halides is 1. The van der Waals surface area contributed by atoms with E-state index in [0.29, 0.717) is 0 Å². The largest absolute Gasteiger partial charge is 0.374 e. The lowest BCUT2D eigenvalue weighted by atomic mass is 10.0. The molecule has 6 nitrogen and oxygen atoms in total. The number of hydrogen-bond donors (Lipinski definition) is 1. The van der Waals surface area contributed by atoms with Gasteiger partial charge in [-0.2, -0.15) is 0 Å². The summed E-state index contributed by atoms with van der Waals surface area (Å²) in [6.07, 6.45) is 3.92. The van der Waals surface area contributed by atoms with E-state index in [1.54, 1.807) is 34.8 Å². The summed E-state index contributed by atoms with van der Waals surface area (Å²) in [6, 6.07) is 7.37. The predicted molar refractivity (Wildman–Crippen MR) is 100.0 cm³/mol. The minimum Gasteiger partial charge on any atom is -0.374 e. The standard InChI is InChI=1S/C18H22FN5OS/c1-20-8-7-15-11-24(23-22-15)16(9-19)18(25-2)14-5-3-13(4-6-14)17-10-21-12-26-17/h3-6,10-12,16,18,20H,7-9H2,1-2H3. The summed E-state index contributed by atoms with van der Waals surface area (Å²) in [7, 11) is 3.47. The molecular weight excluding hydrogens is 353 g/mol. The second-order valence-electron chi connectivity index (χ2n) is 5.91. The van der Waals surface area contributed by atoms with Crippen LogP contribution in [0.5, 0.6) is 0 Å². The molecule has 0 saturated heterocycles. The van der Waals surface area contributed by atoms with Gasteiger partial charge in [0, 0.05) is 32.5 Å². The summed E-state index contributed by atoms with van der Waals surface area (Å²) in [4.78, 5) is 5.19. The van der Waals surface area contributed by atoms with E-state index in [0.717, 1.165) is 34.7 Å². The lowest BCUT2D eigenvalue weighted by Crippen LogP contribution is -2.22. The number of likely N-dealkylation sites (N-methyl/N-ethyl adjacent to an activating group) is 1. The normalized spacial score (nSPS) is 13.7. The molecule has 2 heterocycles. The van der Waals surface area contributed by atoms with Gasteiger partial charge in [0.1, 0.15) is 18.8 Å². The Morgan fingerprint density at radius 2 is 2.12 bits per heavy atom. The molecule has 2 unspecified atom stereocenters. The summed E-state index contributed by atoms with van der Waals surface area (Å²) in [6.45, 7) is 0.204. The van der Waals surface area contributed by atoms with Gasteiger partial charge in [-0.3, -0.25) is 4.98 Å². The molecule has 0 amide bonds. The molecule has 8 heteroatoms. The van der Waals surface area contributed by atoms with Crippen molar-refractivity contribution in [1.82, 2.24) is 25.3 Å². The number of methoxy groups -OCH3 is 1. The van der Waals surface area contributed by atoms with Crippen LogP contribution >= 0.6 is 11.3 Å². The molecular formula is C18H22FN5OS. The molecule has 2 atom stereocenters. The molecule has 0 radical (unpaired) electrons. The molecule has 0 bridgehead atoms. The van der Waals surface area contributed by atoms with Gasteiger partial charge in [-0.15, -0.1) is 16.4 Å². The highest BCUT2D eigenvalue weighted by molar-refractivity contribution is 7.13. The van der Waals surface area contributed by atoms with Crippen molar-refractivity contribution in [3.05, 3.63) is 53.4 Å². The smallest absolute Gasteiger partial charge is 0.115 e. The fraction of sp³-hybridized carbons (Fsp3) is 0.389. The SMILES string of the molecule is CNCCc1cn(C(CF)C(OC)c2ccc(-c3cncs3)cc2)nn1. The maximum absolute atomic E-state index is 13.8. The van der Waals surface area contributed by atoms with E-state index in [-0.39, 0.29) is 0 Å². The fourth-order valence-electron chi connectivity index (χ4n) is 2.84. The second kappa shape index (κ2) is 8.98. The molecule has 138 valence electrons. The molecule has 2 aromatic heterocycles. The van der Waals surface area contributed by atoms with Crippen molar-refractivity contribution in [2.24, 2.45) is 0 Å². The third-order valence-corrected chi connectivity index (χ3v) is 5.07.